The molecular formula is C18H19NO3. The second-order valence-electron chi connectivity index (χ2n) is 5.10. The van der Waals surface area contributed by atoms with Crippen LogP contribution in [0.15, 0.2) is 54.6 Å². The number of benzene rings is 2. The molecule has 114 valence electrons. The minimum Gasteiger partial charge on any atom is -0.481 e. The largest absolute Gasteiger partial charge is 0.481 e. The van der Waals surface area contributed by atoms with E-state index in [1.165, 1.54) is 5.56 Å². The molecule has 0 saturated carbocycles. The Morgan fingerprint density at radius 1 is 1.05 bits per heavy atom. The van der Waals surface area contributed by atoms with E-state index in [2.05, 4.69) is 12.2 Å². The molecule has 0 spiro atoms. The van der Waals surface area contributed by atoms with Crippen molar-refractivity contribution in [3.63, 3.8) is 0 Å². The van der Waals surface area contributed by atoms with Crippen LogP contribution in [0.5, 0.6) is 0 Å². The van der Waals surface area contributed by atoms with Gasteiger partial charge in [0.1, 0.15) is 0 Å². The monoisotopic (exact) mass is 297 g/mol. The molecule has 0 unspecified atom stereocenters. The van der Waals surface area contributed by atoms with Gasteiger partial charge < -0.3 is 10.4 Å². The Hall–Kier alpha value is -2.62. The van der Waals surface area contributed by atoms with Crippen molar-refractivity contribution in [2.45, 2.75) is 25.7 Å². The number of carboxylic acids is 1. The Morgan fingerprint density at radius 3 is 2.23 bits per heavy atom. The molecule has 0 aliphatic carbocycles. The molecule has 22 heavy (non-hydrogen) atoms. The number of carbonyl (C=O) groups excluding carboxylic acids is 1. The number of hydrogen-bond acceptors (Lipinski definition) is 2. The molecule has 4 nitrogen and oxygen atoms in total. The van der Waals surface area contributed by atoms with E-state index in [4.69, 9.17) is 0 Å². The number of nitrogens with one attached hydrogen (secondary N) is 1. The molecule has 1 atom stereocenters. The first-order chi connectivity index (χ1) is 10.6. The van der Waals surface area contributed by atoms with Gasteiger partial charge >= 0.3 is 5.97 Å². The maximum atomic E-state index is 12.1. The van der Waals surface area contributed by atoms with Gasteiger partial charge in [-0.05, 0) is 29.7 Å². The van der Waals surface area contributed by atoms with E-state index in [1.807, 2.05) is 30.3 Å². The fourth-order valence-corrected chi connectivity index (χ4v) is 2.25. The Morgan fingerprint density at radius 2 is 1.68 bits per heavy atom. The molecule has 0 bridgehead atoms. The Kier molecular flexibility index (Phi) is 5.31. The number of rotatable bonds is 6. The zero-order chi connectivity index (χ0) is 15.9. The summed E-state index contributed by atoms with van der Waals surface area (Å²) in [4.78, 5) is 23.5. The van der Waals surface area contributed by atoms with Crippen molar-refractivity contribution in [2.24, 2.45) is 0 Å². The van der Waals surface area contributed by atoms with Gasteiger partial charge in [-0.25, -0.2) is 0 Å². The highest BCUT2D eigenvalue weighted by molar-refractivity contribution is 5.94. The van der Waals surface area contributed by atoms with E-state index < -0.39 is 11.9 Å². The Balaban J connectivity index is 2.03. The minimum atomic E-state index is -0.998. The van der Waals surface area contributed by atoms with Crippen molar-refractivity contribution in [3.05, 3.63) is 65.7 Å². The van der Waals surface area contributed by atoms with E-state index in [-0.39, 0.29) is 12.3 Å². The van der Waals surface area contributed by atoms with Gasteiger partial charge in [0.05, 0.1) is 5.92 Å². The number of hydrogen-bond donors (Lipinski definition) is 2. The summed E-state index contributed by atoms with van der Waals surface area (Å²) in [7, 11) is 0. The maximum Gasteiger partial charge on any atom is 0.311 e. The minimum absolute atomic E-state index is 0.0884. The predicted octanol–water partition coefficient (Wildman–Crippen LogP) is 3.45. The number of aliphatic carboxylic acids is 1. The molecule has 1 amide bonds. The fourth-order valence-electron chi connectivity index (χ4n) is 2.25. The van der Waals surface area contributed by atoms with Crippen LogP contribution >= 0.6 is 0 Å². The summed E-state index contributed by atoms with van der Waals surface area (Å²) in [6.07, 6.45) is 0.845. The third-order valence-corrected chi connectivity index (χ3v) is 3.54. The van der Waals surface area contributed by atoms with E-state index >= 15 is 0 Å². The van der Waals surface area contributed by atoms with Crippen LogP contribution in [0, 0.1) is 0 Å². The van der Waals surface area contributed by atoms with E-state index in [9.17, 15) is 14.7 Å². The van der Waals surface area contributed by atoms with Gasteiger partial charge in [0.15, 0.2) is 0 Å². The summed E-state index contributed by atoms with van der Waals surface area (Å²) in [5.41, 5.74) is 2.50. The number of carboxylic acid groups (broad SMARTS) is 1. The molecule has 0 radical (unpaired) electrons. The molecule has 2 aromatic rings. The number of carbonyl (C=O) groups is 2. The molecule has 0 aliphatic heterocycles. The van der Waals surface area contributed by atoms with Crippen molar-refractivity contribution in [2.75, 3.05) is 5.32 Å². The Bertz CT molecular complexity index is 635. The second kappa shape index (κ2) is 7.41. The van der Waals surface area contributed by atoms with Crippen LogP contribution in [0.4, 0.5) is 5.69 Å². The van der Waals surface area contributed by atoms with Crippen molar-refractivity contribution >= 4 is 17.6 Å². The lowest BCUT2D eigenvalue weighted by Crippen LogP contribution is -2.20. The molecule has 2 N–H and O–H groups in total. The lowest BCUT2D eigenvalue weighted by Gasteiger charge is -2.13. The molecule has 0 aromatic heterocycles. The summed E-state index contributed by atoms with van der Waals surface area (Å²) in [6, 6.07) is 16.4. The summed E-state index contributed by atoms with van der Waals surface area (Å²) < 4.78 is 0. The highest BCUT2D eigenvalue weighted by Gasteiger charge is 2.23. The third-order valence-electron chi connectivity index (χ3n) is 3.54. The molecule has 0 fully saturated rings. The lowest BCUT2D eigenvalue weighted by molar-refractivity contribution is -0.140. The number of anilines is 1. The first-order valence-electron chi connectivity index (χ1n) is 7.26. The lowest BCUT2D eigenvalue weighted by atomic mass is 9.95. The topological polar surface area (TPSA) is 66.4 Å². The molecule has 0 aliphatic rings. The predicted molar refractivity (Wildman–Crippen MR) is 85.9 cm³/mol. The number of aryl methyl sites for hydroxylation is 1. The molecule has 0 saturated heterocycles. The molecule has 2 aromatic carbocycles. The normalized spacial score (nSPS) is 11.7. The smallest absolute Gasteiger partial charge is 0.311 e. The van der Waals surface area contributed by atoms with Gasteiger partial charge in [0.25, 0.3) is 0 Å². The highest BCUT2D eigenvalue weighted by atomic mass is 16.4. The summed E-state index contributed by atoms with van der Waals surface area (Å²) in [5.74, 6) is -2.14. The molecule has 2 rings (SSSR count). The van der Waals surface area contributed by atoms with E-state index in [0.717, 1.165) is 6.42 Å². The van der Waals surface area contributed by atoms with Gasteiger partial charge in [-0.2, -0.15) is 0 Å². The first-order valence-corrected chi connectivity index (χ1v) is 7.26. The van der Waals surface area contributed by atoms with Gasteiger partial charge in [0, 0.05) is 12.1 Å². The zero-order valence-corrected chi connectivity index (χ0v) is 12.5. The number of amides is 1. The SMILES string of the molecule is CCc1ccc(NC(=O)C[C@H](C(=O)O)c2ccccc2)cc1. The third kappa shape index (κ3) is 4.19. The average molecular weight is 297 g/mol. The summed E-state index contributed by atoms with van der Waals surface area (Å²) in [5, 5.41) is 12.1. The average Bonchev–Trinajstić information content (AvgIpc) is 2.54. The highest BCUT2D eigenvalue weighted by Crippen LogP contribution is 2.21. The fraction of sp³-hybridized carbons (Fsp3) is 0.222. The van der Waals surface area contributed by atoms with Gasteiger partial charge in [-0.3, -0.25) is 9.59 Å². The van der Waals surface area contributed by atoms with Crippen LogP contribution in [0.3, 0.4) is 0 Å². The van der Waals surface area contributed by atoms with Crippen molar-refractivity contribution in [3.8, 4) is 0 Å². The van der Waals surface area contributed by atoms with Gasteiger partial charge in [-0.15, -0.1) is 0 Å². The first kappa shape index (κ1) is 15.8. The van der Waals surface area contributed by atoms with Crippen LogP contribution < -0.4 is 5.32 Å². The van der Waals surface area contributed by atoms with Crippen LogP contribution in [0.1, 0.15) is 30.4 Å². The van der Waals surface area contributed by atoms with Crippen LogP contribution in [0.2, 0.25) is 0 Å². The van der Waals surface area contributed by atoms with Crippen LogP contribution in [0.25, 0.3) is 0 Å². The molecule has 4 heteroatoms. The van der Waals surface area contributed by atoms with E-state index in [0.29, 0.717) is 11.3 Å². The standard InChI is InChI=1S/C18H19NO3/c1-2-13-8-10-15(11-9-13)19-17(20)12-16(18(21)22)14-6-4-3-5-7-14/h3-11,16H,2,12H2,1H3,(H,19,20)(H,21,22)/t16-/m0/s1. The molecule has 0 heterocycles. The van der Waals surface area contributed by atoms with E-state index in [1.54, 1.807) is 24.3 Å². The Labute approximate surface area is 129 Å². The van der Waals surface area contributed by atoms with Crippen molar-refractivity contribution in [1.82, 2.24) is 0 Å². The van der Waals surface area contributed by atoms with Crippen LogP contribution in [-0.4, -0.2) is 17.0 Å². The second-order valence-corrected chi connectivity index (χ2v) is 5.10. The van der Waals surface area contributed by atoms with Crippen molar-refractivity contribution < 1.29 is 14.7 Å². The van der Waals surface area contributed by atoms with Crippen molar-refractivity contribution in [1.29, 1.82) is 0 Å². The summed E-state index contributed by atoms with van der Waals surface area (Å²) >= 11 is 0. The van der Waals surface area contributed by atoms with Gasteiger partial charge in [0.2, 0.25) is 5.91 Å². The molecular weight excluding hydrogens is 278 g/mol. The quantitative estimate of drug-likeness (QED) is 0.858. The van der Waals surface area contributed by atoms with Gasteiger partial charge in [-0.1, -0.05) is 49.4 Å². The summed E-state index contributed by atoms with van der Waals surface area (Å²) in [6.45, 7) is 2.06. The maximum absolute atomic E-state index is 12.1. The van der Waals surface area contributed by atoms with Crippen LogP contribution in [-0.2, 0) is 16.0 Å². The zero-order valence-electron chi connectivity index (χ0n) is 12.5.